The second-order valence-corrected chi connectivity index (χ2v) is 5.61. The van der Waals surface area contributed by atoms with Gasteiger partial charge in [-0.2, -0.15) is 0 Å². The Balaban J connectivity index is 2.28. The maximum absolute atomic E-state index is 12.5. The molecule has 1 aliphatic rings. The number of anilines is 1. The van der Waals surface area contributed by atoms with E-state index in [1.807, 2.05) is 6.92 Å². The van der Waals surface area contributed by atoms with Gasteiger partial charge in [-0.15, -0.1) is 0 Å². The van der Waals surface area contributed by atoms with Crippen LogP contribution in [-0.2, 0) is 9.59 Å². The van der Waals surface area contributed by atoms with E-state index < -0.39 is 24.0 Å². The van der Waals surface area contributed by atoms with Crippen LogP contribution in [-0.4, -0.2) is 35.0 Å². The van der Waals surface area contributed by atoms with Gasteiger partial charge in [0.15, 0.2) is 11.9 Å². The molecule has 0 saturated heterocycles. The summed E-state index contributed by atoms with van der Waals surface area (Å²) in [5.41, 5.74) is 0.597. The van der Waals surface area contributed by atoms with Crippen molar-refractivity contribution in [1.29, 1.82) is 0 Å². The third-order valence-electron chi connectivity index (χ3n) is 3.95. The third kappa shape index (κ3) is 3.44. The topological polar surface area (TPSA) is 105 Å². The van der Waals surface area contributed by atoms with Gasteiger partial charge in [-0.1, -0.05) is 26.3 Å². The van der Waals surface area contributed by atoms with Crippen molar-refractivity contribution >= 4 is 23.5 Å². The maximum atomic E-state index is 12.5. The molecule has 0 fully saturated rings. The molecule has 7 nitrogen and oxygen atoms in total. The summed E-state index contributed by atoms with van der Waals surface area (Å²) >= 11 is 0. The van der Waals surface area contributed by atoms with Crippen LogP contribution in [0.4, 0.5) is 5.69 Å². The van der Waals surface area contributed by atoms with Crippen LogP contribution in [0.5, 0.6) is 5.75 Å². The summed E-state index contributed by atoms with van der Waals surface area (Å²) in [4.78, 5) is 35.4. The van der Waals surface area contributed by atoms with Crippen LogP contribution in [0.15, 0.2) is 18.2 Å². The molecule has 23 heavy (non-hydrogen) atoms. The smallest absolute Gasteiger partial charge is 0.326 e. The van der Waals surface area contributed by atoms with Gasteiger partial charge in [0.25, 0.3) is 11.8 Å². The van der Waals surface area contributed by atoms with E-state index in [1.54, 1.807) is 26.0 Å². The number of hydrogen-bond donors (Lipinski definition) is 3. The summed E-state index contributed by atoms with van der Waals surface area (Å²) in [6, 6.07) is 3.78. The summed E-state index contributed by atoms with van der Waals surface area (Å²) in [6.45, 7) is 5.20. The predicted molar refractivity (Wildman–Crippen MR) is 83.5 cm³/mol. The zero-order valence-corrected chi connectivity index (χ0v) is 13.3. The van der Waals surface area contributed by atoms with Gasteiger partial charge < -0.3 is 20.5 Å². The molecule has 3 N–H and O–H groups in total. The van der Waals surface area contributed by atoms with Crippen LogP contribution >= 0.6 is 0 Å². The monoisotopic (exact) mass is 320 g/mol. The molecule has 0 bridgehead atoms. The molecule has 1 aromatic carbocycles. The maximum Gasteiger partial charge on any atom is 0.326 e. The number of ether oxygens (including phenoxy) is 1. The molecule has 0 spiro atoms. The van der Waals surface area contributed by atoms with E-state index in [0.717, 1.165) is 0 Å². The van der Waals surface area contributed by atoms with Crippen LogP contribution < -0.4 is 15.4 Å². The molecule has 0 saturated carbocycles. The molecular weight excluding hydrogens is 300 g/mol. The average molecular weight is 320 g/mol. The molecule has 0 aliphatic carbocycles. The van der Waals surface area contributed by atoms with E-state index in [0.29, 0.717) is 12.1 Å². The quantitative estimate of drug-likeness (QED) is 0.765. The number of aliphatic carboxylic acids is 1. The molecule has 2 rings (SSSR count). The fourth-order valence-electron chi connectivity index (χ4n) is 2.31. The number of carbonyl (C=O) groups is 3. The van der Waals surface area contributed by atoms with Crippen molar-refractivity contribution in [3.8, 4) is 5.75 Å². The van der Waals surface area contributed by atoms with Crippen molar-refractivity contribution in [2.24, 2.45) is 5.92 Å². The molecule has 1 aliphatic heterocycles. The standard InChI is InChI=1S/C16H20N2O5/c1-4-8(2)12(16(21)22)18-15(20)10-6-5-7-11-13(10)23-9(3)14(19)17-11/h5-9,12H,4H2,1-3H3,(H,17,19)(H,18,20)(H,21,22). The first-order valence-corrected chi connectivity index (χ1v) is 7.49. The number of fused-ring (bicyclic) bond motifs is 1. The SMILES string of the molecule is CCC(C)C(NC(=O)c1cccc2c1OC(C)C(=O)N2)C(=O)O. The zero-order chi connectivity index (χ0) is 17.1. The Bertz CT molecular complexity index is 643. The molecule has 1 heterocycles. The minimum atomic E-state index is -1.08. The second-order valence-electron chi connectivity index (χ2n) is 5.61. The van der Waals surface area contributed by atoms with Gasteiger partial charge in [0.1, 0.15) is 6.04 Å². The normalized spacial score (nSPS) is 18.9. The van der Waals surface area contributed by atoms with Crippen molar-refractivity contribution in [2.45, 2.75) is 39.3 Å². The molecule has 124 valence electrons. The van der Waals surface area contributed by atoms with Gasteiger partial charge in [0.2, 0.25) is 0 Å². The number of para-hydroxylation sites is 1. The highest BCUT2D eigenvalue weighted by Crippen LogP contribution is 2.33. The molecule has 0 radical (unpaired) electrons. The number of rotatable bonds is 5. The van der Waals surface area contributed by atoms with E-state index in [1.165, 1.54) is 6.07 Å². The van der Waals surface area contributed by atoms with Gasteiger partial charge in [-0.05, 0) is 25.0 Å². The summed E-state index contributed by atoms with van der Waals surface area (Å²) in [6.07, 6.45) is -0.102. The minimum absolute atomic E-state index is 0.198. The molecule has 3 unspecified atom stereocenters. The number of hydrogen-bond acceptors (Lipinski definition) is 4. The van der Waals surface area contributed by atoms with Gasteiger partial charge >= 0.3 is 5.97 Å². The second kappa shape index (κ2) is 6.68. The first kappa shape index (κ1) is 16.8. The van der Waals surface area contributed by atoms with Crippen molar-refractivity contribution < 1.29 is 24.2 Å². The molecule has 7 heteroatoms. The first-order valence-electron chi connectivity index (χ1n) is 7.49. The minimum Gasteiger partial charge on any atom is -0.480 e. The number of carboxylic acid groups (broad SMARTS) is 1. The van der Waals surface area contributed by atoms with Crippen LogP contribution in [0.1, 0.15) is 37.6 Å². The molecule has 1 aromatic rings. The van der Waals surface area contributed by atoms with Crippen LogP contribution in [0, 0.1) is 5.92 Å². The van der Waals surface area contributed by atoms with Crippen LogP contribution in [0.2, 0.25) is 0 Å². The lowest BCUT2D eigenvalue weighted by atomic mass is 9.98. The molecule has 3 atom stereocenters. The number of nitrogens with one attached hydrogen (secondary N) is 2. The lowest BCUT2D eigenvalue weighted by molar-refractivity contribution is -0.140. The van der Waals surface area contributed by atoms with Crippen molar-refractivity contribution in [3.05, 3.63) is 23.8 Å². The Labute approximate surface area is 134 Å². The predicted octanol–water partition coefficient (Wildman–Crippen LogP) is 1.64. The molecule has 2 amide bonds. The summed E-state index contributed by atoms with van der Waals surface area (Å²) < 4.78 is 5.50. The van der Waals surface area contributed by atoms with Crippen LogP contribution in [0.3, 0.4) is 0 Å². The van der Waals surface area contributed by atoms with Crippen molar-refractivity contribution in [3.63, 3.8) is 0 Å². The zero-order valence-electron chi connectivity index (χ0n) is 13.3. The van der Waals surface area contributed by atoms with Gasteiger partial charge in [-0.3, -0.25) is 9.59 Å². The first-order chi connectivity index (χ1) is 10.8. The lowest BCUT2D eigenvalue weighted by Gasteiger charge is -2.26. The Hall–Kier alpha value is -2.57. The number of amides is 2. The van der Waals surface area contributed by atoms with E-state index in [9.17, 15) is 19.5 Å². The van der Waals surface area contributed by atoms with Crippen molar-refractivity contribution in [1.82, 2.24) is 5.32 Å². The van der Waals surface area contributed by atoms with Gasteiger partial charge in [0.05, 0.1) is 11.3 Å². The Kier molecular flexibility index (Phi) is 4.88. The number of carbonyl (C=O) groups excluding carboxylic acids is 2. The highest BCUT2D eigenvalue weighted by atomic mass is 16.5. The molecule has 0 aromatic heterocycles. The fourth-order valence-corrected chi connectivity index (χ4v) is 2.31. The van der Waals surface area contributed by atoms with E-state index in [4.69, 9.17) is 4.74 Å². The van der Waals surface area contributed by atoms with E-state index in [-0.39, 0.29) is 23.1 Å². The Morgan fingerprint density at radius 3 is 2.74 bits per heavy atom. The Morgan fingerprint density at radius 2 is 2.13 bits per heavy atom. The summed E-state index contributed by atoms with van der Waals surface area (Å²) in [5.74, 6) is -1.88. The van der Waals surface area contributed by atoms with E-state index >= 15 is 0 Å². The largest absolute Gasteiger partial charge is 0.480 e. The average Bonchev–Trinajstić information content (AvgIpc) is 2.51. The fraction of sp³-hybridized carbons (Fsp3) is 0.438. The van der Waals surface area contributed by atoms with Gasteiger partial charge in [-0.25, -0.2) is 4.79 Å². The third-order valence-corrected chi connectivity index (χ3v) is 3.95. The van der Waals surface area contributed by atoms with Crippen molar-refractivity contribution in [2.75, 3.05) is 5.32 Å². The highest BCUT2D eigenvalue weighted by molar-refractivity contribution is 6.04. The Morgan fingerprint density at radius 1 is 1.43 bits per heavy atom. The van der Waals surface area contributed by atoms with Crippen LogP contribution in [0.25, 0.3) is 0 Å². The van der Waals surface area contributed by atoms with Gasteiger partial charge in [0, 0.05) is 0 Å². The number of benzene rings is 1. The summed E-state index contributed by atoms with van der Waals surface area (Å²) in [7, 11) is 0. The van der Waals surface area contributed by atoms with E-state index in [2.05, 4.69) is 10.6 Å². The highest BCUT2D eigenvalue weighted by Gasteiger charge is 2.30. The summed E-state index contributed by atoms with van der Waals surface area (Å²) in [5, 5.41) is 14.5. The number of carboxylic acids is 1. The molecular formula is C16H20N2O5. The lowest BCUT2D eigenvalue weighted by Crippen LogP contribution is -2.45.